The Morgan fingerprint density at radius 2 is 1.56 bits per heavy atom. The zero-order valence-electron chi connectivity index (χ0n) is 18.2. The fourth-order valence-corrected chi connectivity index (χ4v) is 3.25. The number of ether oxygens (including phenoxy) is 2. The first-order valence-electron chi connectivity index (χ1n) is 10.3. The minimum atomic E-state index is -0.690. The van der Waals surface area contributed by atoms with Crippen LogP contribution in [-0.2, 0) is 20.9 Å². The first-order chi connectivity index (χ1) is 15.4. The molecule has 7 nitrogen and oxygen atoms in total. The number of benzene rings is 2. The zero-order valence-corrected chi connectivity index (χ0v) is 18.2. The molecule has 1 heterocycles. The van der Waals surface area contributed by atoms with Gasteiger partial charge in [0.25, 0.3) is 5.91 Å². The largest absolute Gasteiger partial charge is 0.484 e. The Morgan fingerprint density at radius 3 is 2.25 bits per heavy atom. The number of ketones is 1. The van der Waals surface area contributed by atoms with Gasteiger partial charge >= 0.3 is 5.97 Å². The van der Waals surface area contributed by atoms with Crippen molar-refractivity contribution in [2.45, 2.75) is 20.4 Å². The van der Waals surface area contributed by atoms with Crippen LogP contribution in [0, 0.1) is 13.8 Å². The first kappa shape index (κ1) is 22.8. The molecule has 0 aliphatic rings. The van der Waals surface area contributed by atoms with Crippen molar-refractivity contribution in [2.24, 2.45) is 0 Å². The lowest BCUT2D eigenvalue weighted by molar-refractivity contribution is -0.143. The number of carbonyl (C=O) groups excluding carboxylic acids is 3. The summed E-state index contributed by atoms with van der Waals surface area (Å²) >= 11 is 0. The Labute approximate surface area is 187 Å². The standard InChI is InChI=1S/C25H26N2O5/c1-18-13-22(19(2)27(18)15-20-9-5-3-6-10-20)23(28)16-32-25(30)14-26-24(29)17-31-21-11-7-4-8-12-21/h3-13H,14-17H2,1-2H3,(H,26,29). The highest BCUT2D eigenvalue weighted by molar-refractivity contribution is 5.99. The maximum atomic E-state index is 12.6. The van der Waals surface area contributed by atoms with Crippen LogP contribution in [0.2, 0.25) is 0 Å². The molecule has 2 aromatic carbocycles. The number of aromatic nitrogens is 1. The molecule has 3 aromatic rings. The van der Waals surface area contributed by atoms with Crippen molar-refractivity contribution >= 4 is 17.7 Å². The molecule has 1 amide bonds. The molecule has 0 spiro atoms. The summed E-state index contributed by atoms with van der Waals surface area (Å²) in [4.78, 5) is 36.3. The molecule has 0 atom stereocenters. The number of hydrogen-bond acceptors (Lipinski definition) is 5. The summed E-state index contributed by atoms with van der Waals surface area (Å²) in [6, 6.07) is 20.6. The SMILES string of the molecule is Cc1cc(C(=O)COC(=O)CNC(=O)COc2ccccc2)c(C)n1Cc1ccccc1. The Morgan fingerprint density at radius 1 is 0.906 bits per heavy atom. The summed E-state index contributed by atoms with van der Waals surface area (Å²) in [7, 11) is 0. The van der Waals surface area contributed by atoms with Crippen LogP contribution >= 0.6 is 0 Å². The number of nitrogens with one attached hydrogen (secondary N) is 1. The molecule has 1 N–H and O–H groups in total. The monoisotopic (exact) mass is 434 g/mol. The van der Waals surface area contributed by atoms with Gasteiger partial charge in [-0.25, -0.2) is 0 Å². The highest BCUT2D eigenvalue weighted by atomic mass is 16.5. The van der Waals surface area contributed by atoms with E-state index in [-0.39, 0.29) is 25.5 Å². The number of rotatable bonds is 10. The van der Waals surface area contributed by atoms with Gasteiger partial charge < -0.3 is 19.4 Å². The second-order valence-electron chi connectivity index (χ2n) is 7.32. The Hall–Kier alpha value is -3.87. The van der Waals surface area contributed by atoms with Crippen LogP contribution in [0.25, 0.3) is 0 Å². The molecule has 1 aromatic heterocycles. The van der Waals surface area contributed by atoms with Gasteiger partial charge in [0.15, 0.2) is 13.2 Å². The number of aryl methyl sites for hydroxylation is 1. The molecule has 0 fully saturated rings. The summed E-state index contributed by atoms with van der Waals surface area (Å²) in [6.07, 6.45) is 0. The van der Waals surface area contributed by atoms with E-state index in [9.17, 15) is 14.4 Å². The van der Waals surface area contributed by atoms with Crippen LogP contribution in [0.5, 0.6) is 5.75 Å². The minimum Gasteiger partial charge on any atom is -0.484 e. The van der Waals surface area contributed by atoms with Crippen molar-refractivity contribution in [1.29, 1.82) is 0 Å². The topological polar surface area (TPSA) is 86.6 Å². The summed E-state index contributed by atoms with van der Waals surface area (Å²) in [6.45, 7) is 3.53. The van der Waals surface area contributed by atoms with Gasteiger partial charge in [-0.1, -0.05) is 48.5 Å². The van der Waals surface area contributed by atoms with Crippen LogP contribution in [0.1, 0.15) is 27.3 Å². The van der Waals surface area contributed by atoms with Gasteiger partial charge in [0.1, 0.15) is 12.3 Å². The number of Topliss-reactive ketones (excluding diaryl/α,β-unsaturated/α-hetero) is 1. The van der Waals surface area contributed by atoms with Gasteiger partial charge in [0.05, 0.1) is 0 Å². The lowest BCUT2D eigenvalue weighted by Crippen LogP contribution is -2.34. The van der Waals surface area contributed by atoms with Crippen molar-refractivity contribution in [2.75, 3.05) is 19.8 Å². The highest BCUT2D eigenvalue weighted by Gasteiger charge is 2.18. The number of esters is 1. The fourth-order valence-electron chi connectivity index (χ4n) is 3.25. The average molecular weight is 434 g/mol. The second-order valence-corrected chi connectivity index (χ2v) is 7.32. The van der Waals surface area contributed by atoms with E-state index >= 15 is 0 Å². The Kier molecular flexibility index (Phi) is 7.80. The molecule has 7 heteroatoms. The molecule has 0 saturated heterocycles. The van der Waals surface area contributed by atoms with E-state index in [0.29, 0.717) is 17.9 Å². The predicted molar refractivity (Wildman–Crippen MR) is 120 cm³/mol. The van der Waals surface area contributed by atoms with E-state index in [4.69, 9.17) is 9.47 Å². The molecule has 0 radical (unpaired) electrons. The maximum absolute atomic E-state index is 12.6. The Balaban J connectivity index is 1.45. The number of para-hydroxylation sites is 1. The molecule has 0 aliphatic heterocycles. The molecule has 0 unspecified atom stereocenters. The van der Waals surface area contributed by atoms with Crippen LogP contribution < -0.4 is 10.1 Å². The molecule has 0 bridgehead atoms. The molecule has 166 valence electrons. The summed E-state index contributed by atoms with van der Waals surface area (Å²) < 4.78 is 12.4. The Bertz CT molecular complexity index is 1070. The summed E-state index contributed by atoms with van der Waals surface area (Å²) in [5.41, 5.74) is 3.42. The minimum absolute atomic E-state index is 0.219. The zero-order chi connectivity index (χ0) is 22.9. The molecule has 3 rings (SSSR count). The molecule has 0 aliphatic carbocycles. The number of carbonyl (C=O) groups is 3. The third kappa shape index (κ3) is 6.31. The van der Waals surface area contributed by atoms with Crippen molar-refractivity contribution in [1.82, 2.24) is 9.88 Å². The van der Waals surface area contributed by atoms with Gasteiger partial charge in [-0.3, -0.25) is 14.4 Å². The predicted octanol–water partition coefficient (Wildman–Crippen LogP) is 3.07. The molecule has 0 saturated carbocycles. The molecular weight excluding hydrogens is 408 g/mol. The number of amides is 1. The smallest absolute Gasteiger partial charge is 0.325 e. The van der Waals surface area contributed by atoms with Crippen LogP contribution in [0.15, 0.2) is 66.7 Å². The van der Waals surface area contributed by atoms with Gasteiger partial charge in [0.2, 0.25) is 5.78 Å². The summed E-state index contributed by atoms with van der Waals surface area (Å²) in [5.74, 6) is -0.878. The second kappa shape index (κ2) is 10.9. The van der Waals surface area contributed by atoms with Crippen molar-refractivity contribution in [3.8, 4) is 5.75 Å². The van der Waals surface area contributed by atoms with E-state index in [1.165, 1.54) is 0 Å². The maximum Gasteiger partial charge on any atom is 0.325 e. The van der Waals surface area contributed by atoms with Crippen LogP contribution in [0.3, 0.4) is 0 Å². The van der Waals surface area contributed by atoms with E-state index < -0.39 is 11.9 Å². The number of nitrogens with zero attached hydrogens (tertiary/aromatic N) is 1. The van der Waals surface area contributed by atoms with E-state index in [2.05, 4.69) is 9.88 Å². The van der Waals surface area contributed by atoms with Gasteiger partial charge in [0, 0.05) is 23.5 Å². The van der Waals surface area contributed by atoms with Crippen molar-refractivity contribution in [3.63, 3.8) is 0 Å². The molecular formula is C25H26N2O5. The quantitative estimate of drug-likeness (QED) is 0.391. The van der Waals surface area contributed by atoms with E-state index in [1.807, 2.05) is 50.2 Å². The van der Waals surface area contributed by atoms with Gasteiger partial charge in [-0.2, -0.15) is 0 Å². The van der Waals surface area contributed by atoms with Crippen LogP contribution in [-0.4, -0.2) is 42.0 Å². The summed E-state index contributed by atoms with van der Waals surface area (Å²) in [5, 5.41) is 2.41. The normalized spacial score (nSPS) is 10.4. The molecule has 32 heavy (non-hydrogen) atoms. The van der Waals surface area contributed by atoms with Gasteiger partial charge in [-0.05, 0) is 37.6 Å². The first-order valence-corrected chi connectivity index (χ1v) is 10.3. The number of hydrogen-bond donors (Lipinski definition) is 1. The lowest BCUT2D eigenvalue weighted by atomic mass is 10.1. The van der Waals surface area contributed by atoms with E-state index in [0.717, 1.165) is 17.0 Å². The highest BCUT2D eigenvalue weighted by Crippen LogP contribution is 2.18. The third-order valence-electron chi connectivity index (χ3n) is 4.96. The van der Waals surface area contributed by atoms with Crippen LogP contribution in [0.4, 0.5) is 0 Å². The van der Waals surface area contributed by atoms with E-state index in [1.54, 1.807) is 30.3 Å². The lowest BCUT2D eigenvalue weighted by Gasteiger charge is -2.10. The van der Waals surface area contributed by atoms with Crippen molar-refractivity contribution < 1.29 is 23.9 Å². The van der Waals surface area contributed by atoms with Crippen molar-refractivity contribution in [3.05, 3.63) is 89.2 Å². The fraction of sp³-hybridized carbons (Fsp3) is 0.240. The van der Waals surface area contributed by atoms with Gasteiger partial charge in [-0.15, -0.1) is 0 Å². The third-order valence-corrected chi connectivity index (χ3v) is 4.96. The average Bonchev–Trinajstić information content (AvgIpc) is 3.09.